The first-order chi connectivity index (χ1) is 11.5. The van der Waals surface area contributed by atoms with Crippen LogP contribution < -0.4 is 0 Å². The molecule has 2 heteroatoms. The molecule has 0 amide bonds. The minimum absolute atomic E-state index is 0.0187. The molecule has 0 aromatic rings. The van der Waals surface area contributed by atoms with Crippen molar-refractivity contribution in [3.05, 3.63) is 0 Å². The fourth-order valence-electron chi connectivity index (χ4n) is 9.49. The summed E-state index contributed by atoms with van der Waals surface area (Å²) in [7, 11) is 0. The van der Waals surface area contributed by atoms with Crippen LogP contribution in [0.15, 0.2) is 0 Å². The Hall–Kier alpha value is -0.370. The van der Waals surface area contributed by atoms with Crippen molar-refractivity contribution in [2.24, 2.45) is 46.3 Å². The molecule has 0 spiro atoms. The van der Waals surface area contributed by atoms with Crippen molar-refractivity contribution in [1.82, 2.24) is 0 Å². The standard InChI is InChI=1S/C22H32O2/c23-19(21-7-13-1-14(8-21)3-15(2-13)9-21)20(24)22-10-16-4-17(11-22)6-18(5-16)12-22/h13-19,23H,1-12H2. The number of rotatable bonds is 3. The summed E-state index contributed by atoms with van der Waals surface area (Å²) in [5.74, 6) is 5.14. The van der Waals surface area contributed by atoms with Gasteiger partial charge in [0.25, 0.3) is 0 Å². The smallest absolute Gasteiger partial charge is 0.167 e. The molecule has 0 aromatic heterocycles. The summed E-state index contributed by atoms with van der Waals surface area (Å²) in [6.07, 6.45) is 14.4. The van der Waals surface area contributed by atoms with Gasteiger partial charge in [-0.15, -0.1) is 0 Å². The summed E-state index contributed by atoms with van der Waals surface area (Å²) in [5, 5.41) is 11.4. The van der Waals surface area contributed by atoms with Gasteiger partial charge in [0.05, 0.1) is 0 Å². The lowest BCUT2D eigenvalue weighted by atomic mass is 9.44. The molecule has 1 atom stereocenters. The van der Waals surface area contributed by atoms with Crippen molar-refractivity contribution < 1.29 is 9.90 Å². The van der Waals surface area contributed by atoms with Crippen LogP contribution in [0.4, 0.5) is 0 Å². The van der Waals surface area contributed by atoms with Crippen LogP contribution in [0.3, 0.4) is 0 Å². The Bertz CT molecular complexity index is 506. The highest BCUT2D eigenvalue weighted by molar-refractivity contribution is 5.90. The van der Waals surface area contributed by atoms with Crippen LogP contribution in [-0.2, 0) is 4.79 Å². The summed E-state index contributed by atoms with van der Waals surface area (Å²) < 4.78 is 0. The number of hydrogen-bond acceptors (Lipinski definition) is 2. The highest BCUT2D eigenvalue weighted by Crippen LogP contribution is 2.65. The molecule has 24 heavy (non-hydrogen) atoms. The molecule has 132 valence electrons. The van der Waals surface area contributed by atoms with E-state index in [2.05, 4.69) is 0 Å². The SMILES string of the molecule is O=C(C(O)C12CC3CC(CC(C3)C1)C2)C12CC3CC(CC(C3)C1)C2. The minimum Gasteiger partial charge on any atom is -0.385 e. The van der Waals surface area contributed by atoms with Gasteiger partial charge in [0.1, 0.15) is 6.10 Å². The van der Waals surface area contributed by atoms with Gasteiger partial charge >= 0.3 is 0 Å². The van der Waals surface area contributed by atoms with E-state index in [1.54, 1.807) is 0 Å². The van der Waals surface area contributed by atoms with Gasteiger partial charge in [-0.2, -0.15) is 0 Å². The van der Waals surface area contributed by atoms with Gasteiger partial charge in [-0.1, -0.05) is 0 Å². The molecule has 8 bridgehead atoms. The fourth-order valence-corrected chi connectivity index (χ4v) is 9.49. The van der Waals surface area contributed by atoms with Crippen LogP contribution in [0.1, 0.15) is 77.0 Å². The van der Waals surface area contributed by atoms with E-state index in [0.717, 1.165) is 74.0 Å². The molecule has 1 N–H and O–H groups in total. The molecule has 0 aliphatic heterocycles. The molecule has 8 aliphatic carbocycles. The predicted molar refractivity (Wildman–Crippen MR) is 92.2 cm³/mol. The summed E-state index contributed by atoms with van der Waals surface area (Å²) in [4.78, 5) is 13.7. The predicted octanol–water partition coefficient (Wildman–Crippen LogP) is 4.35. The molecule has 8 fully saturated rings. The first-order valence-electron chi connectivity index (χ1n) is 10.8. The largest absolute Gasteiger partial charge is 0.385 e. The monoisotopic (exact) mass is 328 g/mol. The van der Waals surface area contributed by atoms with E-state index in [1.807, 2.05) is 0 Å². The minimum atomic E-state index is -0.637. The van der Waals surface area contributed by atoms with Gasteiger partial charge in [0, 0.05) is 10.8 Å². The second kappa shape index (κ2) is 4.67. The molecular weight excluding hydrogens is 296 g/mol. The third kappa shape index (κ3) is 1.90. The first-order valence-corrected chi connectivity index (χ1v) is 10.8. The van der Waals surface area contributed by atoms with Crippen LogP contribution in [0.5, 0.6) is 0 Å². The van der Waals surface area contributed by atoms with Gasteiger partial charge < -0.3 is 5.11 Å². The maximum absolute atomic E-state index is 13.7. The molecule has 2 nitrogen and oxygen atoms in total. The van der Waals surface area contributed by atoms with Gasteiger partial charge in [0.2, 0.25) is 0 Å². The number of aliphatic hydroxyl groups is 1. The molecule has 0 heterocycles. The lowest BCUT2D eigenvalue weighted by molar-refractivity contribution is -0.173. The molecule has 8 aliphatic rings. The average molecular weight is 328 g/mol. The number of carbonyl (C=O) groups excluding carboxylic acids is 1. The molecule has 0 aromatic carbocycles. The van der Waals surface area contributed by atoms with E-state index in [-0.39, 0.29) is 10.8 Å². The van der Waals surface area contributed by atoms with E-state index < -0.39 is 6.10 Å². The number of hydrogen-bond donors (Lipinski definition) is 1. The van der Waals surface area contributed by atoms with Crippen LogP contribution in [0.2, 0.25) is 0 Å². The van der Waals surface area contributed by atoms with E-state index >= 15 is 0 Å². The Morgan fingerprint density at radius 3 is 1.38 bits per heavy atom. The lowest BCUT2D eigenvalue weighted by Gasteiger charge is -2.60. The van der Waals surface area contributed by atoms with Crippen LogP contribution >= 0.6 is 0 Å². The van der Waals surface area contributed by atoms with Crippen LogP contribution in [0, 0.1) is 46.3 Å². The third-order valence-electron chi connectivity index (χ3n) is 9.47. The average Bonchev–Trinajstić information content (AvgIpc) is 2.51. The van der Waals surface area contributed by atoms with Crippen molar-refractivity contribution in [3.63, 3.8) is 0 Å². The normalized spacial score (nSPS) is 58.2. The highest BCUT2D eigenvalue weighted by atomic mass is 16.3. The van der Waals surface area contributed by atoms with Gasteiger partial charge in [-0.25, -0.2) is 0 Å². The van der Waals surface area contributed by atoms with Crippen LogP contribution in [0.25, 0.3) is 0 Å². The molecule has 1 unspecified atom stereocenters. The second-order valence-electron chi connectivity index (χ2n) is 11.2. The number of Topliss-reactive ketones (excluding diaryl/α,β-unsaturated/α-hetero) is 1. The number of carbonyl (C=O) groups is 1. The Kier molecular flexibility index (Phi) is 2.87. The summed E-state index contributed by atoms with van der Waals surface area (Å²) in [6, 6.07) is 0. The van der Waals surface area contributed by atoms with Crippen molar-refractivity contribution in [1.29, 1.82) is 0 Å². The molecule has 0 saturated heterocycles. The zero-order valence-corrected chi connectivity index (χ0v) is 14.9. The van der Waals surface area contributed by atoms with Crippen molar-refractivity contribution in [3.8, 4) is 0 Å². The lowest BCUT2D eigenvalue weighted by Crippen LogP contribution is -2.59. The number of aliphatic hydroxyl groups excluding tert-OH is 1. The van der Waals surface area contributed by atoms with E-state index in [9.17, 15) is 9.90 Å². The summed E-state index contributed by atoms with van der Waals surface area (Å²) >= 11 is 0. The third-order valence-corrected chi connectivity index (χ3v) is 9.47. The van der Waals surface area contributed by atoms with Gasteiger partial charge in [-0.3, -0.25) is 4.79 Å². The summed E-state index contributed by atoms with van der Waals surface area (Å²) in [5.41, 5.74) is -0.132. The molecule has 0 radical (unpaired) electrons. The highest BCUT2D eigenvalue weighted by Gasteiger charge is 2.61. The van der Waals surface area contributed by atoms with Crippen molar-refractivity contribution >= 4 is 5.78 Å². The zero-order valence-electron chi connectivity index (χ0n) is 14.9. The maximum Gasteiger partial charge on any atom is 0.167 e. The molecule has 8 saturated carbocycles. The van der Waals surface area contributed by atoms with Crippen LogP contribution in [-0.4, -0.2) is 17.0 Å². The molecule has 8 rings (SSSR count). The second-order valence-corrected chi connectivity index (χ2v) is 11.2. The Balaban J connectivity index is 1.31. The molecular formula is C22H32O2. The topological polar surface area (TPSA) is 37.3 Å². The Morgan fingerprint density at radius 1 is 0.667 bits per heavy atom. The number of ketones is 1. The Morgan fingerprint density at radius 2 is 1.00 bits per heavy atom. The zero-order chi connectivity index (χ0) is 16.1. The first kappa shape index (κ1) is 14.8. The fraction of sp³-hybridized carbons (Fsp3) is 0.955. The van der Waals surface area contributed by atoms with E-state index in [0.29, 0.717) is 5.78 Å². The quantitative estimate of drug-likeness (QED) is 0.836. The van der Waals surface area contributed by atoms with E-state index in [1.165, 1.54) is 38.5 Å². The van der Waals surface area contributed by atoms with Gasteiger partial charge in [-0.05, 0) is 113 Å². The summed E-state index contributed by atoms with van der Waals surface area (Å²) in [6.45, 7) is 0. The van der Waals surface area contributed by atoms with Crippen molar-refractivity contribution in [2.45, 2.75) is 83.2 Å². The Labute approximate surface area is 145 Å². The maximum atomic E-state index is 13.7. The van der Waals surface area contributed by atoms with E-state index in [4.69, 9.17) is 0 Å². The van der Waals surface area contributed by atoms with Crippen molar-refractivity contribution in [2.75, 3.05) is 0 Å². The van der Waals surface area contributed by atoms with Gasteiger partial charge in [0.15, 0.2) is 5.78 Å².